The lowest BCUT2D eigenvalue weighted by Crippen LogP contribution is -2.25. The molecule has 15 heavy (non-hydrogen) atoms. The molecule has 5 nitrogen and oxygen atoms in total. The molecule has 0 aliphatic heterocycles. The van der Waals surface area contributed by atoms with Gasteiger partial charge in [0.25, 0.3) is 0 Å². The Balaban J connectivity index is 2.12. The number of nitrogens with zero attached hydrogens (tertiary/aromatic N) is 2. The molecule has 0 aromatic carbocycles. The Morgan fingerprint density at radius 2 is 2.33 bits per heavy atom. The molecule has 0 unspecified atom stereocenters. The van der Waals surface area contributed by atoms with E-state index in [2.05, 4.69) is 9.82 Å². The van der Waals surface area contributed by atoms with Crippen molar-refractivity contribution < 1.29 is 8.42 Å². The molecule has 0 amide bonds. The molecule has 0 bridgehead atoms. The quantitative estimate of drug-likeness (QED) is 0.776. The van der Waals surface area contributed by atoms with Gasteiger partial charge in [-0.05, 0) is 12.8 Å². The van der Waals surface area contributed by atoms with E-state index in [0.717, 1.165) is 12.8 Å². The van der Waals surface area contributed by atoms with Gasteiger partial charge in [-0.15, -0.1) is 11.6 Å². The van der Waals surface area contributed by atoms with Crippen LogP contribution in [0, 0.1) is 0 Å². The molecule has 1 N–H and O–H groups in total. The number of sulfonamides is 1. The van der Waals surface area contributed by atoms with E-state index in [1.807, 2.05) is 0 Å². The lowest BCUT2D eigenvalue weighted by Gasteiger charge is -2.01. The fourth-order valence-corrected chi connectivity index (χ4v) is 2.61. The molecular formula is C8H12ClN3O2S. The van der Waals surface area contributed by atoms with Crippen molar-refractivity contribution in [1.29, 1.82) is 0 Å². The van der Waals surface area contributed by atoms with Crippen LogP contribution in [0.2, 0.25) is 0 Å². The summed E-state index contributed by atoms with van der Waals surface area (Å²) in [5, 5.41) is 3.91. The van der Waals surface area contributed by atoms with Crippen LogP contribution in [0.4, 0.5) is 0 Å². The second-order valence-corrected chi connectivity index (χ2v) is 5.62. The van der Waals surface area contributed by atoms with Crippen LogP contribution < -0.4 is 4.72 Å². The van der Waals surface area contributed by atoms with E-state index in [4.69, 9.17) is 11.6 Å². The van der Waals surface area contributed by atoms with Crippen LogP contribution in [0.3, 0.4) is 0 Å². The number of aromatic nitrogens is 2. The zero-order valence-electron chi connectivity index (χ0n) is 8.06. The van der Waals surface area contributed by atoms with Crippen molar-refractivity contribution in [2.75, 3.05) is 5.88 Å². The Hall–Kier alpha value is -0.590. The SMILES string of the molecule is O=S(=O)(NC1CC1)c1cnn(CCCl)c1. The van der Waals surface area contributed by atoms with Gasteiger partial charge in [0.1, 0.15) is 4.90 Å². The summed E-state index contributed by atoms with van der Waals surface area (Å²) in [5.74, 6) is 0.414. The van der Waals surface area contributed by atoms with Gasteiger partial charge < -0.3 is 0 Å². The number of hydrogen-bond donors (Lipinski definition) is 1. The number of nitrogens with one attached hydrogen (secondary N) is 1. The Bertz CT molecular complexity index is 438. The monoisotopic (exact) mass is 249 g/mol. The van der Waals surface area contributed by atoms with E-state index in [1.165, 1.54) is 17.1 Å². The lowest BCUT2D eigenvalue weighted by atomic mass is 10.7. The summed E-state index contributed by atoms with van der Waals surface area (Å²) < 4.78 is 27.5. The fourth-order valence-electron chi connectivity index (χ4n) is 1.18. The largest absolute Gasteiger partial charge is 0.270 e. The van der Waals surface area contributed by atoms with E-state index in [-0.39, 0.29) is 10.9 Å². The average molecular weight is 250 g/mol. The van der Waals surface area contributed by atoms with Crippen molar-refractivity contribution in [2.24, 2.45) is 0 Å². The minimum absolute atomic E-state index is 0.117. The molecule has 1 fully saturated rings. The van der Waals surface area contributed by atoms with Crippen molar-refractivity contribution in [2.45, 2.75) is 30.3 Å². The minimum Gasteiger partial charge on any atom is -0.270 e. The second-order valence-electron chi connectivity index (χ2n) is 3.52. The summed E-state index contributed by atoms with van der Waals surface area (Å²) in [6, 6.07) is 0.117. The van der Waals surface area contributed by atoms with Crippen molar-refractivity contribution in [3.8, 4) is 0 Å². The maximum absolute atomic E-state index is 11.7. The van der Waals surface area contributed by atoms with Crippen molar-refractivity contribution >= 4 is 21.6 Å². The van der Waals surface area contributed by atoms with Crippen molar-refractivity contribution in [3.05, 3.63) is 12.4 Å². The van der Waals surface area contributed by atoms with E-state index >= 15 is 0 Å². The van der Waals surface area contributed by atoms with Gasteiger partial charge in [0.15, 0.2) is 0 Å². The zero-order valence-corrected chi connectivity index (χ0v) is 9.63. The smallest absolute Gasteiger partial charge is 0.243 e. The van der Waals surface area contributed by atoms with Crippen molar-refractivity contribution in [3.63, 3.8) is 0 Å². The fraction of sp³-hybridized carbons (Fsp3) is 0.625. The second kappa shape index (κ2) is 4.11. The molecule has 84 valence electrons. The molecule has 0 radical (unpaired) electrons. The standard InChI is InChI=1S/C8H12ClN3O2S/c9-3-4-12-6-8(5-10-12)15(13,14)11-7-1-2-7/h5-7,11H,1-4H2. The summed E-state index contributed by atoms with van der Waals surface area (Å²) in [5.41, 5.74) is 0. The third-order valence-electron chi connectivity index (χ3n) is 2.13. The molecule has 0 saturated heterocycles. The summed E-state index contributed by atoms with van der Waals surface area (Å²) >= 11 is 5.53. The maximum Gasteiger partial charge on any atom is 0.243 e. The Morgan fingerprint density at radius 1 is 1.60 bits per heavy atom. The third kappa shape index (κ3) is 2.70. The topological polar surface area (TPSA) is 64.0 Å². The first-order valence-corrected chi connectivity index (χ1v) is 6.74. The van der Waals surface area contributed by atoms with Gasteiger partial charge in [0.2, 0.25) is 10.0 Å². The summed E-state index contributed by atoms with van der Waals surface area (Å²) in [7, 11) is -3.37. The van der Waals surface area contributed by atoms with E-state index in [1.54, 1.807) is 0 Å². The number of halogens is 1. The molecule has 1 aromatic heterocycles. The molecule has 0 atom stereocenters. The van der Waals surface area contributed by atoms with Gasteiger partial charge in [0, 0.05) is 18.1 Å². The Morgan fingerprint density at radius 3 is 2.93 bits per heavy atom. The molecule has 0 spiro atoms. The molecule has 1 saturated carbocycles. The van der Waals surface area contributed by atoms with Gasteiger partial charge in [-0.3, -0.25) is 4.68 Å². The highest BCUT2D eigenvalue weighted by atomic mass is 35.5. The highest BCUT2D eigenvalue weighted by Crippen LogP contribution is 2.21. The molecule has 1 heterocycles. The lowest BCUT2D eigenvalue weighted by molar-refractivity contribution is 0.580. The third-order valence-corrected chi connectivity index (χ3v) is 3.78. The maximum atomic E-state index is 11.7. The predicted molar refractivity (Wildman–Crippen MR) is 56.3 cm³/mol. The summed E-state index contributed by atoms with van der Waals surface area (Å²) in [6.45, 7) is 0.514. The molecular weight excluding hydrogens is 238 g/mol. The predicted octanol–water partition coefficient (Wildman–Crippen LogP) is 0.563. The first-order valence-electron chi connectivity index (χ1n) is 4.72. The number of aryl methyl sites for hydroxylation is 1. The van der Waals surface area contributed by atoms with E-state index < -0.39 is 10.0 Å². The van der Waals surface area contributed by atoms with Gasteiger partial charge in [-0.1, -0.05) is 0 Å². The van der Waals surface area contributed by atoms with Crippen LogP contribution in [0.25, 0.3) is 0 Å². The molecule has 1 aromatic rings. The van der Waals surface area contributed by atoms with Gasteiger partial charge in [-0.25, -0.2) is 13.1 Å². The summed E-state index contributed by atoms with van der Waals surface area (Å²) in [4.78, 5) is 0.208. The highest BCUT2D eigenvalue weighted by Gasteiger charge is 2.28. The molecule has 1 aliphatic carbocycles. The van der Waals surface area contributed by atoms with Crippen LogP contribution in [-0.2, 0) is 16.6 Å². The van der Waals surface area contributed by atoms with Crippen LogP contribution in [0.1, 0.15) is 12.8 Å². The van der Waals surface area contributed by atoms with Crippen molar-refractivity contribution in [1.82, 2.24) is 14.5 Å². The van der Waals surface area contributed by atoms with Crippen LogP contribution in [0.15, 0.2) is 17.3 Å². The van der Waals surface area contributed by atoms with Crippen LogP contribution in [0.5, 0.6) is 0 Å². The van der Waals surface area contributed by atoms with Gasteiger partial charge in [0.05, 0.1) is 12.7 Å². The highest BCUT2D eigenvalue weighted by molar-refractivity contribution is 7.89. The first kappa shape index (κ1) is 10.9. The minimum atomic E-state index is -3.37. The summed E-state index contributed by atoms with van der Waals surface area (Å²) in [6.07, 6.45) is 4.69. The molecule has 7 heteroatoms. The molecule has 2 rings (SSSR count). The van der Waals surface area contributed by atoms with E-state index in [9.17, 15) is 8.42 Å². The first-order chi connectivity index (χ1) is 7.12. The van der Waals surface area contributed by atoms with E-state index in [0.29, 0.717) is 12.4 Å². The normalized spacial score (nSPS) is 16.9. The Labute approximate surface area is 93.5 Å². The number of hydrogen-bond acceptors (Lipinski definition) is 3. The average Bonchev–Trinajstić information content (AvgIpc) is 2.82. The van der Waals surface area contributed by atoms with Crippen LogP contribution >= 0.6 is 11.6 Å². The Kier molecular flexibility index (Phi) is 2.99. The zero-order chi connectivity index (χ0) is 10.9. The number of alkyl halides is 1. The number of rotatable bonds is 5. The molecule has 1 aliphatic rings. The van der Waals surface area contributed by atoms with Gasteiger partial charge in [-0.2, -0.15) is 5.10 Å². The van der Waals surface area contributed by atoms with Gasteiger partial charge >= 0.3 is 0 Å². The van der Waals surface area contributed by atoms with Crippen LogP contribution in [-0.4, -0.2) is 30.1 Å².